The van der Waals surface area contributed by atoms with Crippen LogP contribution in [0.2, 0.25) is 0 Å². The fourth-order valence-corrected chi connectivity index (χ4v) is 2.80. The van der Waals surface area contributed by atoms with Crippen molar-refractivity contribution in [3.8, 4) is 0 Å². The molecule has 0 aromatic carbocycles. The minimum atomic E-state index is -0.134. The summed E-state index contributed by atoms with van der Waals surface area (Å²) in [7, 11) is 0. The fraction of sp³-hybridized carbons (Fsp3) is 0.583. The summed E-state index contributed by atoms with van der Waals surface area (Å²) >= 11 is 3.29. The van der Waals surface area contributed by atoms with Crippen molar-refractivity contribution < 1.29 is 0 Å². The van der Waals surface area contributed by atoms with Crippen LogP contribution in [0.15, 0.2) is 15.6 Å². The molecule has 0 unspecified atom stereocenters. The second-order valence-corrected chi connectivity index (χ2v) is 5.66. The quantitative estimate of drug-likeness (QED) is 0.925. The third-order valence-electron chi connectivity index (χ3n) is 3.54. The smallest absolute Gasteiger partial charge is 0.302 e. The molecular formula is C12H16BrN5O. The van der Waals surface area contributed by atoms with Gasteiger partial charge in [-0.1, -0.05) is 6.42 Å². The molecule has 0 amide bonds. The Balaban J connectivity index is 1.81. The number of nitrogens with one attached hydrogen (secondary N) is 1. The zero-order valence-electron chi connectivity index (χ0n) is 10.6. The molecule has 0 saturated carbocycles. The molecule has 1 N–H and O–H groups in total. The summed E-state index contributed by atoms with van der Waals surface area (Å²) < 4.78 is 2.31. The minimum absolute atomic E-state index is 0.134. The van der Waals surface area contributed by atoms with E-state index >= 15 is 0 Å². The molecule has 6 nitrogen and oxygen atoms in total. The van der Waals surface area contributed by atoms with Gasteiger partial charge in [0.2, 0.25) is 0 Å². The first-order valence-electron chi connectivity index (χ1n) is 6.57. The van der Waals surface area contributed by atoms with E-state index in [0.29, 0.717) is 22.4 Å². The Bertz CT molecular complexity index is 629. The number of hydrogen-bond donors (Lipinski definition) is 1. The summed E-state index contributed by atoms with van der Waals surface area (Å²) in [6.45, 7) is 3.81. The third kappa shape index (κ3) is 2.71. The number of H-pyrrole nitrogens is 1. The van der Waals surface area contributed by atoms with E-state index in [2.05, 4.69) is 35.8 Å². The average molecular weight is 326 g/mol. The molecular weight excluding hydrogens is 310 g/mol. The number of rotatable bonds is 3. The first-order chi connectivity index (χ1) is 9.24. The van der Waals surface area contributed by atoms with Crippen LogP contribution in [0.1, 0.15) is 19.3 Å². The van der Waals surface area contributed by atoms with E-state index in [-0.39, 0.29) is 5.69 Å². The molecule has 7 heteroatoms. The summed E-state index contributed by atoms with van der Waals surface area (Å²) in [5.41, 5.74) is 1.04. The Morgan fingerprint density at radius 1 is 1.26 bits per heavy atom. The molecule has 3 rings (SSSR count). The Morgan fingerprint density at radius 3 is 2.84 bits per heavy atom. The van der Waals surface area contributed by atoms with Crippen LogP contribution < -0.4 is 5.69 Å². The maximum atomic E-state index is 11.9. The Kier molecular flexibility index (Phi) is 3.65. The Labute approximate surface area is 119 Å². The molecule has 1 aliphatic rings. The van der Waals surface area contributed by atoms with E-state index in [9.17, 15) is 4.79 Å². The maximum absolute atomic E-state index is 11.9. The zero-order valence-corrected chi connectivity index (χ0v) is 12.2. The number of piperidine rings is 1. The molecule has 0 radical (unpaired) electrons. The van der Waals surface area contributed by atoms with Crippen molar-refractivity contribution in [3.63, 3.8) is 0 Å². The maximum Gasteiger partial charge on any atom is 0.328 e. The number of halogens is 1. The second-order valence-electron chi connectivity index (χ2n) is 4.85. The average Bonchev–Trinajstić information content (AvgIpc) is 2.73. The van der Waals surface area contributed by atoms with E-state index in [1.54, 1.807) is 10.8 Å². The molecule has 1 fully saturated rings. The lowest BCUT2D eigenvalue weighted by Gasteiger charge is -2.26. The number of nitrogens with zero attached hydrogens (tertiary/aromatic N) is 4. The van der Waals surface area contributed by atoms with Crippen LogP contribution in [-0.2, 0) is 6.54 Å². The monoisotopic (exact) mass is 325 g/mol. The Hall–Kier alpha value is -1.21. The number of fused-ring (bicyclic) bond motifs is 1. The molecule has 2 aromatic heterocycles. The minimum Gasteiger partial charge on any atom is -0.302 e. The van der Waals surface area contributed by atoms with Gasteiger partial charge in [0, 0.05) is 13.1 Å². The highest BCUT2D eigenvalue weighted by Gasteiger charge is 2.13. The lowest BCUT2D eigenvalue weighted by Crippen LogP contribution is -2.34. The van der Waals surface area contributed by atoms with Crippen molar-refractivity contribution >= 4 is 27.2 Å². The molecule has 2 aromatic rings. The third-order valence-corrected chi connectivity index (χ3v) is 3.92. The van der Waals surface area contributed by atoms with Gasteiger partial charge in [-0.25, -0.2) is 14.8 Å². The molecule has 1 aliphatic heterocycles. The number of hydrogen-bond acceptors (Lipinski definition) is 4. The van der Waals surface area contributed by atoms with E-state index < -0.39 is 0 Å². The first kappa shape index (κ1) is 12.8. The van der Waals surface area contributed by atoms with Crippen molar-refractivity contribution in [3.05, 3.63) is 21.3 Å². The van der Waals surface area contributed by atoms with Gasteiger partial charge in [0.15, 0.2) is 11.3 Å². The van der Waals surface area contributed by atoms with Crippen molar-refractivity contribution in [2.75, 3.05) is 19.6 Å². The van der Waals surface area contributed by atoms with E-state index in [1.807, 2.05) is 0 Å². The zero-order chi connectivity index (χ0) is 13.2. The van der Waals surface area contributed by atoms with Gasteiger partial charge in [-0.3, -0.25) is 9.55 Å². The highest BCUT2D eigenvalue weighted by atomic mass is 79.9. The number of aromatic amines is 1. The highest BCUT2D eigenvalue weighted by Crippen LogP contribution is 2.11. The predicted molar refractivity (Wildman–Crippen MR) is 76.1 cm³/mol. The van der Waals surface area contributed by atoms with Gasteiger partial charge in [-0.15, -0.1) is 0 Å². The van der Waals surface area contributed by atoms with Crippen LogP contribution in [0.25, 0.3) is 11.3 Å². The molecule has 0 spiro atoms. The molecule has 3 heterocycles. The van der Waals surface area contributed by atoms with E-state index in [1.165, 1.54) is 19.3 Å². The normalized spacial score (nSPS) is 17.1. The lowest BCUT2D eigenvalue weighted by atomic mass is 10.1. The van der Waals surface area contributed by atoms with Gasteiger partial charge >= 0.3 is 5.69 Å². The van der Waals surface area contributed by atoms with Gasteiger partial charge in [-0.2, -0.15) is 0 Å². The van der Waals surface area contributed by atoms with Crippen LogP contribution in [0.5, 0.6) is 0 Å². The standard InChI is InChI=1S/C12H16BrN5O/c13-9-8-14-10-11(15-9)18(12(19)16-10)7-6-17-4-2-1-3-5-17/h8H,1-7H2,(H,14,16,19). The van der Waals surface area contributed by atoms with Crippen molar-refractivity contribution in [1.29, 1.82) is 0 Å². The molecule has 0 atom stereocenters. The summed E-state index contributed by atoms with van der Waals surface area (Å²) in [4.78, 5) is 25.5. The van der Waals surface area contributed by atoms with Gasteiger partial charge < -0.3 is 4.90 Å². The van der Waals surface area contributed by atoms with Crippen LogP contribution in [0, 0.1) is 0 Å². The number of likely N-dealkylation sites (tertiary alicyclic amines) is 1. The summed E-state index contributed by atoms with van der Waals surface area (Å²) in [5, 5.41) is 0. The van der Waals surface area contributed by atoms with Gasteiger partial charge in [0.1, 0.15) is 4.60 Å². The van der Waals surface area contributed by atoms with Gasteiger partial charge in [0.05, 0.1) is 6.20 Å². The number of imidazole rings is 1. The van der Waals surface area contributed by atoms with Crippen LogP contribution in [0.4, 0.5) is 0 Å². The molecule has 1 saturated heterocycles. The molecule has 102 valence electrons. The largest absolute Gasteiger partial charge is 0.328 e. The lowest BCUT2D eigenvalue weighted by molar-refractivity contribution is 0.221. The van der Waals surface area contributed by atoms with E-state index in [0.717, 1.165) is 19.6 Å². The second kappa shape index (κ2) is 5.42. The van der Waals surface area contributed by atoms with E-state index in [4.69, 9.17) is 0 Å². The van der Waals surface area contributed by atoms with Gasteiger partial charge in [0.25, 0.3) is 0 Å². The van der Waals surface area contributed by atoms with Crippen LogP contribution in [0.3, 0.4) is 0 Å². The van der Waals surface area contributed by atoms with Crippen molar-refractivity contribution in [2.24, 2.45) is 0 Å². The van der Waals surface area contributed by atoms with Crippen molar-refractivity contribution in [2.45, 2.75) is 25.8 Å². The first-order valence-corrected chi connectivity index (χ1v) is 7.37. The van der Waals surface area contributed by atoms with Gasteiger partial charge in [-0.05, 0) is 41.9 Å². The van der Waals surface area contributed by atoms with Crippen LogP contribution in [-0.4, -0.2) is 44.1 Å². The summed E-state index contributed by atoms with van der Waals surface area (Å²) in [6.07, 6.45) is 5.43. The van der Waals surface area contributed by atoms with Crippen LogP contribution >= 0.6 is 15.9 Å². The molecule has 0 aliphatic carbocycles. The summed E-state index contributed by atoms with van der Waals surface area (Å²) in [5.74, 6) is 0. The topological polar surface area (TPSA) is 66.8 Å². The fourth-order valence-electron chi connectivity index (χ4n) is 2.53. The molecule has 0 bridgehead atoms. The highest BCUT2D eigenvalue weighted by molar-refractivity contribution is 9.10. The SMILES string of the molecule is O=c1[nH]c2ncc(Br)nc2n1CCN1CCCCC1. The van der Waals surface area contributed by atoms with Crippen molar-refractivity contribution in [1.82, 2.24) is 24.4 Å². The summed E-state index contributed by atoms with van der Waals surface area (Å²) in [6, 6.07) is 0. The number of aromatic nitrogens is 4. The predicted octanol–water partition coefficient (Wildman–Crippen LogP) is 1.37. The molecule has 19 heavy (non-hydrogen) atoms. The Morgan fingerprint density at radius 2 is 2.05 bits per heavy atom.